The molecule has 0 spiro atoms. The fourth-order valence-electron chi connectivity index (χ4n) is 1.51. The Bertz CT molecular complexity index is 424. The minimum absolute atomic E-state index is 0.238. The highest BCUT2D eigenvalue weighted by molar-refractivity contribution is 5.90. The molecule has 0 aliphatic carbocycles. The number of carboxylic acid groups (broad SMARTS) is 1. The summed E-state index contributed by atoms with van der Waals surface area (Å²) >= 11 is 0. The number of aromatic carboxylic acids is 1. The Hall–Kier alpha value is -1.55. The van der Waals surface area contributed by atoms with Gasteiger partial charge in [-0.1, -0.05) is 6.07 Å². The van der Waals surface area contributed by atoms with E-state index in [4.69, 9.17) is 14.6 Å². The van der Waals surface area contributed by atoms with Crippen molar-refractivity contribution < 1.29 is 19.4 Å². The van der Waals surface area contributed by atoms with Crippen molar-refractivity contribution in [1.29, 1.82) is 0 Å². The second-order valence-electron chi connectivity index (χ2n) is 4.80. The van der Waals surface area contributed by atoms with Crippen LogP contribution >= 0.6 is 0 Å². The Labute approximate surface area is 108 Å². The van der Waals surface area contributed by atoms with Crippen molar-refractivity contribution in [1.82, 2.24) is 0 Å². The number of benzene rings is 1. The van der Waals surface area contributed by atoms with Crippen LogP contribution in [0.3, 0.4) is 0 Å². The van der Waals surface area contributed by atoms with Gasteiger partial charge in [0, 0.05) is 19.1 Å². The first-order chi connectivity index (χ1) is 8.37. The van der Waals surface area contributed by atoms with Gasteiger partial charge >= 0.3 is 5.97 Å². The van der Waals surface area contributed by atoms with Crippen molar-refractivity contribution in [3.63, 3.8) is 0 Å². The van der Waals surface area contributed by atoms with Gasteiger partial charge in [-0.2, -0.15) is 0 Å². The van der Waals surface area contributed by atoms with Gasteiger partial charge in [0.1, 0.15) is 5.75 Å². The van der Waals surface area contributed by atoms with Crippen LogP contribution in [0.5, 0.6) is 5.75 Å². The maximum absolute atomic E-state index is 11.0. The van der Waals surface area contributed by atoms with Gasteiger partial charge in [0.15, 0.2) is 0 Å². The van der Waals surface area contributed by atoms with Crippen LogP contribution in [0, 0.1) is 6.92 Å². The Balaban J connectivity index is 2.69. The molecular weight excluding hydrogens is 232 g/mol. The van der Waals surface area contributed by atoms with E-state index < -0.39 is 5.97 Å². The van der Waals surface area contributed by atoms with Crippen LogP contribution in [0.1, 0.15) is 36.2 Å². The highest BCUT2D eigenvalue weighted by Crippen LogP contribution is 2.22. The topological polar surface area (TPSA) is 55.8 Å². The summed E-state index contributed by atoms with van der Waals surface area (Å²) in [6.45, 7) is 6.21. The lowest BCUT2D eigenvalue weighted by Gasteiger charge is -2.23. The zero-order valence-corrected chi connectivity index (χ0v) is 11.3. The van der Waals surface area contributed by atoms with Gasteiger partial charge in [0.2, 0.25) is 0 Å². The van der Waals surface area contributed by atoms with Gasteiger partial charge in [0.05, 0.1) is 17.8 Å². The van der Waals surface area contributed by atoms with E-state index in [-0.39, 0.29) is 11.2 Å². The molecule has 0 saturated carbocycles. The first kappa shape index (κ1) is 14.5. The summed E-state index contributed by atoms with van der Waals surface area (Å²) in [5.74, 6) is -0.322. The molecule has 0 bridgehead atoms. The molecule has 100 valence electrons. The van der Waals surface area contributed by atoms with Crippen molar-refractivity contribution in [2.75, 3.05) is 13.7 Å². The number of carboxylic acids is 1. The number of carbonyl (C=O) groups is 1. The molecule has 1 aromatic rings. The molecule has 18 heavy (non-hydrogen) atoms. The lowest BCUT2D eigenvalue weighted by atomic mass is 10.1. The van der Waals surface area contributed by atoms with Crippen molar-refractivity contribution >= 4 is 5.97 Å². The van der Waals surface area contributed by atoms with E-state index >= 15 is 0 Å². The molecule has 1 rings (SSSR count). The molecule has 0 radical (unpaired) electrons. The van der Waals surface area contributed by atoms with Crippen LogP contribution in [0.4, 0.5) is 0 Å². The molecule has 0 aliphatic rings. The molecule has 0 aliphatic heterocycles. The van der Waals surface area contributed by atoms with Crippen LogP contribution in [0.25, 0.3) is 0 Å². The zero-order valence-electron chi connectivity index (χ0n) is 11.3. The Morgan fingerprint density at radius 3 is 2.61 bits per heavy atom. The molecule has 4 heteroatoms. The summed E-state index contributed by atoms with van der Waals surface area (Å²) in [5, 5.41) is 9.01. The van der Waals surface area contributed by atoms with E-state index in [1.54, 1.807) is 32.2 Å². The maximum atomic E-state index is 11.0. The van der Waals surface area contributed by atoms with E-state index in [2.05, 4.69) is 0 Å². The molecule has 0 fully saturated rings. The fraction of sp³-hybridized carbons (Fsp3) is 0.500. The molecule has 0 atom stereocenters. The van der Waals surface area contributed by atoms with Gasteiger partial charge in [-0.3, -0.25) is 0 Å². The standard InChI is InChI=1S/C14H20O4/c1-10-11(13(15)16)6-5-7-12(10)18-9-8-14(2,3)17-4/h5-7H,8-9H2,1-4H3,(H,15,16). The predicted octanol–water partition coefficient (Wildman–Crippen LogP) is 2.89. The third-order valence-corrected chi connectivity index (χ3v) is 3.03. The molecule has 0 unspecified atom stereocenters. The largest absolute Gasteiger partial charge is 0.493 e. The smallest absolute Gasteiger partial charge is 0.336 e. The first-order valence-electron chi connectivity index (χ1n) is 5.88. The third kappa shape index (κ3) is 3.74. The minimum atomic E-state index is -0.935. The molecule has 0 aromatic heterocycles. The van der Waals surface area contributed by atoms with E-state index in [0.717, 1.165) is 6.42 Å². The van der Waals surface area contributed by atoms with E-state index in [1.165, 1.54) is 0 Å². The summed E-state index contributed by atoms with van der Waals surface area (Å²) in [4.78, 5) is 11.0. The normalized spacial score (nSPS) is 11.3. The van der Waals surface area contributed by atoms with Crippen molar-refractivity contribution in [2.24, 2.45) is 0 Å². The molecule has 1 N–H and O–H groups in total. The van der Waals surface area contributed by atoms with Crippen molar-refractivity contribution in [3.8, 4) is 5.75 Å². The van der Waals surface area contributed by atoms with Crippen LogP contribution in [0.2, 0.25) is 0 Å². The Kier molecular flexibility index (Phi) is 4.73. The summed E-state index contributed by atoms with van der Waals surface area (Å²) in [6, 6.07) is 5.04. The van der Waals surface area contributed by atoms with Gasteiger partial charge in [-0.05, 0) is 32.9 Å². The SMILES string of the molecule is COC(C)(C)CCOc1cccc(C(=O)O)c1C. The number of methoxy groups -OCH3 is 1. The van der Waals surface area contributed by atoms with Gasteiger partial charge < -0.3 is 14.6 Å². The van der Waals surface area contributed by atoms with E-state index in [9.17, 15) is 4.79 Å². The first-order valence-corrected chi connectivity index (χ1v) is 5.88. The molecule has 0 heterocycles. The number of ether oxygens (including phenoxy) is 2. The number of rotatable bonds is 6. The molecule has 0 saturated heterocycles. The highest BCUT2D eigenvalue weighted by atomic mass is 16.5. The lowest BCUT2D eigenvalue weighted by Crippen LogP contribution is -2.25. The third-order valence-electron chi connectivity index (χ3n) is 3.03. The average molecular weight is 252 g/mol. The van der Waals surface area contributed by atoms with E-state index in [0.29, 0.717) is 17.9 Å². The van der Waals surface area contributed by atoms with Crippen LogP contribution in [-0.2, 0) is 4.74 Å². The summed E-state index contributed by atoms with van der Waals surface area (Å²) in [6.07, 6.45) is 0.736. The second-order valence-corrected chi connectivity index (χ2v) is 4.80. The fourth-order valence-corrected chi connectivity index (χ4v) is 1.51. The summed E-state index contributed by atoms with van der Waals surface area (Å²) in [7, 11) is 1.66. The Morgan fingerprint density at radius 2 is 2.06 bits per heavy atom. The molecule has 1 aromatic carbocycles. The highest BCUT2D eigenvalue weighted by Gasteiger charge is 2.17. The van der Waals surface area contributed by atoms with Gasteiger partial charge in [-0.15, -0.1) is 0 Å². The quantitative estimate of drug-likeness (QED) is 0.845. The summed E-state index contributed by atoms with van der Waals surface area (Å²) in [5.41, 5.74) is 0.692. The van der Waals surface area contributed by atoms with E-state index in [1.807, 2.05) is 13.8 Å². The van der Waals surface area contributed by atoms with Gasteiger partial charge in [0.25, 0.3) is 0 Å². The van der Waals surface area contributed by atoms with Crippen LogP contribution in [0.15, 0.2) is 18.2 Å². The summed E-state index contributed by atoms with van der Waals surface area (Å²) < 4.78 is 10.9. The van der Waals surface area contributed by atoms with Gasteiger partial charge in [-0.25, -0.2) is 4.79 Å². The predicted molar refractivity (Wildman–Crippen MR) is 69.3 cm³/mol. The number of hydrogen-bond donors (Lipinski definition) is 1. The number of hydrogen-bond acceptors (Lipinski definition) is 3. The Morgan fingerprint density at radius 1 is 1.39 bits per heavy atom. The van der Waals surface area contributed by atoms with Crippen LogP contribution in [-0.4, -0.2) is 30.4 Å². The monoisotopic (exact) mass is 252 g/mol. The van der Waals surface area contributed by atoms with Crippen molar-refractivity contribution in [2.45, 2.75) is 32.8 Å². The lowest BCUT2D eigenvalue weighted by molar-refractivity contribution is 0.00536. The maximum Gasteiger partial charge on any atom is 0.336 e. The second kappa shape index (κ2) is 5.87. The molecular formula is C14H20O4. The van der Waals surface area contributed by atoms with Crippen molar-refractivity contribution in [3.05, 3.63) is 29.3 Å². The zero-order chi connectivity index (χ0) is 13.8. The molecule has 0 amide bonds. The molecule has 4 nitrogen and oxygen atoms in total. The minimum Gasteiger partial charge on any atom is -0.493 e. The van der Waals surface area contributed by atoms with Crippen LogP contribution < -0.4 is 4.74 Å². The average Bonchev–Trinajstić information content (AvgIpc) is 2.31.